The van der Waals surface area contributed by atoms with E-state index in [-0.39, 0.29) is 18.4 Å². The Morgan fingerprint density at radius 2 is 2.07 bits per heavy atom. The van der Waals surface area contributed by atoms with Gasteiger partial charge in [-0.3, -0.25) is 9.59 Å². The summed E-state index contributed by atoms with van der Waals surface area (Å²) in [7, 11) is 0. The van der Waals surface area contributed by atoms with E-state index in [0.717, 1.165) is 0 Å². The van der Waals surface area contributed by atoms with E-state index in [2.05, 4.69) is 5.32 Å². The van der Waals surface area contributed by atoms with Crippen molar-refractivity contribution in [2.45, 2.75) is 51.6 Å². The molecule has 15 heavy (non-hydrogen) atoms. The van der Waals surface area contributed by atoms with Crippen LogP contribution < -0.4 is 11.1 Å². The molecule has 0 aromatic heterocycles. The summed E-state index contributed by atoms with van der Waals surface area (Å²) in [5.74, 6) is -0.973. The van der Waals surface area contributed by atoms with Crippen molar-refractivity contribution in [1.29, 1.82) is 0 Å². The molecule has 0 spiro atoms. The number of carboxylic acid groups (broad SMARTS) is 1. The fraction of sp³-hybridized carbons (Fsp3) is 0.800. The third-order valence-electron chi connectivity index (χ3n) is 2.19. The second-order valence-corrected chi connectivity index (χ2v) is 3.71. The molecule has 0 fully saturated rings. The lowest BCUT2D eigenvalue weighted by Gasteiger charge is -2.16. The van der Waals surface area contributed by atoms with Crippen LogP contribution in [0.4, 0.5) is 0 Å². The summed E-state index contributed by atoms with van der Waals surface area (Å²) in [4.78, 5) is 21.6. The van der Waals surface area contributed by atoms with E-state index in [9.17, 15) is 9.59 Å². The van der Waals surface area contributed by atoms with E-state index in [1.165, 1.54) is 0 Å². The molecule has 0 saturated heterocycles. The van der Waals surface area contributed by atoms with Crippen LogP contribution >= 0.6 is 0 Å². The molecule has 0 aromatic rings. The number of carbonyl (C=O) groups is 2. The molecular formula is C10H20N2O3. The Hall–Kier alpha value is -1.10. The van der Waals surface area contributed by atoms with E-state index in [0.29, 0.717) is 19.3 Å². The van der Waals surface area contributed by atoms with Gasteiger partial charge in [0.2, 0.25) is 5.91 Å². The van der Waals surface area contributed by atoms with Gasteiger partial charge < -0.3 is 16.2 Å². The highest BCUT2D eigenvalue weighted by Crippen LogP contribution is 2.01. The van der Waals surface area contributed by atoms with E-state index in [4.69, 9.17) is 10.8 Å². The molecule has 1 amide bonds. The monoisotopic (exact) mass is 216 g/mol. The maximum absolute atomic E-state index is 11.3. The van der Waals surface area contributed by atoms with Crippen LogP contribution in [-0.4, -0.2) is 29.1 Å². The van der Waals surface area contributed by atoms with E-state index >= 15 is 0 Å². The molecule has 88 valence electrons. The molecule has 0 aliphatic heterocycles. The zero-order chi connectivity index (χ0) is 11.8. The number of rotatable bonds is 7. The van der Waals surface area contributed by atoms with Gasteiger partial charge in [0.05, 0.1) is 6.04 Å². The van der Waals surface area contributed by atoms with Crippen LogP contribution in [0, 0.1) is 0 Å². The number of carboxylic acids is 1. The molecule has 0 bridgehead atoms. The molecule has 4 N–H and O–H groups in total. The Kier molecular flexibility index (Phi) is 6.70. The zero-order valence-electron chi connectivity index (χ0n) is 9.32. The minimum atomic E-state index is -0.807. The summed E-state index contributed by atoms with van der Waals surface area (Å²) in [6.45, 7) is 3.70. The SMILES string of the molecule is CC[C@H](N)C(=O)NC(C)CCCC(=O)O. The Morgan fingerprint density at radius 3 is 2.53 bits per heavy atom. The van der Waals surface area contributed by atoms with Gasteiger partial charge in [-0.1, -0.05) is 6.92 Å². The minimum absolute atomic E-state index is 0.0190. The maximum Gasteiger partial charge on any atom is 0.303 e. The first-order valence-corrected chi connectivity index (χ1v) is 5.25. The van der Waals surface area contributed by atoms with Crippen LogP contribution in [0.3, 0.4) is 0 Å². The zero-order valence-corrected chi connectivity index (χ0v) is 9.32. The summed E-state index contributed by atoms with van der Waals surface area (Å²) in [6.07, 6.45) is 1.97. The highest BCUT2D eigenvalue weighted by Gasteiger charge is 2.13. The molecule has 5 nitrogen and oxygen atoms in total. The summed E-state index contributed by atoms with van der Waals surface area (Å²) < 4.78 is 0. The number of nitrogens with one attached hydrogen (secondary N) is 1. The third-order valence-corrected chi connectivity index (χ3v) is 2.19. The predicted octanol–water partition coefficient (Wildman–Crippen LogP) is 0.483. The van der Waals surface area contributed by atoms with Gasteiger partial charge in [-0.05, 0) is 26.2 Å². The minimum Gasteiger partial charge on any atom is -0.481 e. The quantitative estimate of drug-likeness (QED) is 0.577. The summed E-state index contributed by atoms with van der Waals surface area (Å²) in [6, 6.07) is -0.485. The first-order chi connectivity index (χ1) is 6.97. The van der Waals surface area contributed by atoms with Crippen molar-refractivity contribution < 1.29 is 14.7 Å². The van der Waals surface area contributed by atoms with Gasteiger partial charge in [0, 0.05) is 12.5 Å². The van der Waals surface area contributed by atoms with Crippen molar-refractivity contribution in [1.82, 2.24) is 5.32 Å². The van der Waals surface area contributed by atoms with E-state index in [1.54, 1.807) is 0 Å². The standard InChI is InChI=1S/C10H20N2O3/c1-3-8(11)10(15)12-7(2)5-4-6-9(13)14/h7-8H,3-6,11H2,1-2H3,(H,12,15)(H,13,14)/t7?,8-/m0/s1. The first kappa shape index (κ1) is 13.9. The smallest absolute Gasteiger partial charge is 0.303 e. The first-order valence-electron chi connectivity index (χ1n) is 5.25. The second-order valence-electron chi connectivity index (χ2n) is 3.71. The Balaban J connectivity index is 3.68. The molecule has 2 atom stereocenters. The molecule has 0 saturated carbocycles. The van der Waals surface area contributed by atoms with E-state index < -0.39 is 12.0 Å². The fourth-order valence-electron chi connectivity index (χ4n) is 1.17. The van der Waals surface area contributed by atoms with Crippen molar-refractivity contribution in [3.05, 3.63) is 0 Å². The third kappa shape index (κ3) is 6.90. The number of aliphatic carboxylic acids is 1. The van der Waals surface area contributed by atoms with Crippen molar-refractivity contribution >= 4 is 11.9 Å². The maximum atomic E-state index is 11.3. The van der Waals surface area contributed by atoms with Crippen LogP contribution in [0.1, 0.15) is 39.5 Å². The number of amides is 1. The lowest BCUT2D eigenvalue weighted by atomic mass is 10.1. The van der Waals surface area contributed by atoms with Gasteiger partial charge in [0.1, 0.15) is 0 Å². The van der Waals surface area contributed by atoms with Crippen LogP contribution in [-0.2, 0) is 9.59 Å². The molecule has 0 aliphatic rings. The van der Waals surface area contributed by atoms with Gasteiger partial charge >= 0.3 is 5.97 Å². The topological polar surface area (TPSA) is 92.4 Å². The predicted molar refractivity (Wildman–Crippen MR) is 57.4 cm³/mol. The lowest BCUT2D eigenvalue weighted by molar-refractivity contribution is -0.137. The number of carbonyl (C=O) groups excluding carboxylic acids is 1. The molecule has 0 radical (unpaired) electrons. The van der Waals surface area contributed by atoms with Gasteiger partial charge in [0.25, 0.3) is 0 Å². The molecular weight excluding hydrogens is 196 g/mol. The van der Waals surface area contributed by atoms with E-state index in [1.807, 2.05) is 13.8 Å². The van der Waals surface area contributed by atoms with Crippen LogP contribution in [0.2, 0.25) is 0 Å². The van der Waals surface area contributed by atoms with Crippen molar-refractivity contribution in [2.75, 3.05) is 0 Å². The summed E-state index contributed by atoms with van der Waals surface area (Å²) >= 11 is 0. The highest BCUT2D eigenvalue weighted by molar-refractivity contribution is 5.81. The van der Waals surface area contributed by atoms with Gasteiger partial charge in [-0.2, -0.15) is 0 Å². The highest BCUT2D eigenvalue weighted by atomic mass is 16.4. The molecule has 1 unspecified atom stereocenters. The molecule has 0 aliphatic carbocycles. The Labute approximate surface area is 90.0 Å². The van der Waals surface area contributed by atoms with Gasteiger partial charge in [0.15, 0.2) is 0 Å². The van der Waals surface area contributed by atoms with Crippen LogP contribution in [0.25, 0.3) is 0 Å². The number of hydrogen-bond acceptors (Lipinski definition) is 3. The van der Waals surface area contributed by atoms with Crippen LogP contribution in [0.5, 0.6) is 0 Å². The average Bonchev–Trinajstić information content (AvgIpc) is 2.15. The largest absolute Gasteiger partial charge is 0.481 e. The number of nitrogens with two attached hydrogens (primary N) is 1. The molecule has 0 aromatic carbocycles. The summed E-state index contributed by atoms with van der Waals surface area (Å²) in [5.41, 5.74) is 5.54. The van der Waals surface area contributed by atoms with Crippen molar-refractivity contribution in [3.8, 4) is 0 Å². The second kappa shape index (κ2) is 7.23. The lowest BCUT2D eigenvalue weighted by Crippen LogP contribution is -2.44. The molecule has 0 rings (SSSR count). The normalized spacial score (nSPS) is 14.3. The fourth-order valence-corrected chi connectivity index (χ4v) is 1.17. The molecule has 0 heterocycles. The number of hydrogen-bond donors (Lipinski definition) is 3. The van der Waals surface area contributed by atoms with Crippen molar-refractivity contribution in [2.24, 2.45) is 5.73 Å². The van der Waals surface area contributed by atoms with Gasteiger partial charge in [-0.15, -0.1) is 0 Å². The summed E-state index contributed by atoms with van der Waals surface area (Å²) in [5, 5.41) is 11.2. The molecule has 5 heteroatoms. The van der Waals surface area contributed by atoms with Crippen molar-refractivity contribution in [3.63, 3.8) is 0 Å². The average molecular weight is 216 g/mol. The Morgan fingerprint density at radius 1 is 1.47 bits per heavy atom. The Bertz CT molecular complexity index is 219. The van der Waals surface area contributed by atoms with Gasteiger partial charge in [-0.25, -0.2) is 0 Å². The van der Waals surface area contributed by atoms with Crippen LogP contribution in [0.15, 0.2) is 0 Å².